The third kappa shape index (κ3) is 4.58. The number of halogens is 2. The average Bonchev–Trinajstić information content (AvgIpc) is 2.65. The molecule has 2 aromatic rings. The van der Waals surface area contributed by atoms with Gasteiger partial charge in [-0.25, -0.2) is 8.78 Å². The highest BCUT2D eigenvalue weighted by atomic mass is 19.2. The standard InChI is InChI=1S/C20H23F2N3O/c21-18-8-5-15(10-19(18)22)12-24-11-14-3-6-17(7-4-14)25-9-1-2-16(13-25)20(23)26/h3-8,10,16,24H,1-2,9,11-13H2,(H2,23,26)/t16-/m1/s1. The van der Waals surface area contributed by atoms with Crippen LogP contribution in [-0.2, 0) is 17.9 Å². The minimum absolute atomic E-state index is 0.0822. The van der Waals surface area contributed by atoms with Gasteiger partial charge in [-0.05, 0) is 48.2 Å². The number of amides is 1. The zero-order valence-electron chi connectivity index (χ0n) is 14.6. The van der Waals surface area contributed by atoms with Crippen LogP contribution in [0.1, 0.15) is 24.0 Å². The molecule has 1 amide bonds. The van der Waals surface area contributed by atoms with Crippen LogP contribution in [0, 0.1) is 17.6 Å². The molecule has 6 heteroatoms. The number of carbonyl (C=O) groups excluding carboxylic acids is 1. The van der Waals surface area contributed by atoms with Crippen molar-refractivity contribution < 1.29 is 13.6 Å². The Morgan fingerprint density at radius 1 is 1.08 bits per heavy atom. The summed E-state index contributed by atoms with van der Waals surface area (Å²) >= 11 is 0. The van der Waals surface area contributed by atoms with Crippen LogP contribution in [0.2, 0.25) is 0 Å². The fourth-order valence-corrected chi connectivity index (χ4v) is 3.27. The van der Waals surface area contributed by atoms with E-state index in [9.17, 15) is 13.6 Å². The zero-order valence-corrected chi connectivity index (χ0v) is 14.6. The first-order valence-corrected chi connectivity index (χ1v) is 8.81. The summed E-state index contributed by atoms with van der Waals surface area (Å²) in [5, 5.41) is 3.22. The Hall–Kier alpha value is -2.47. The molecule has 0 saturated carbocycles. The maximum Gasteiger partial charge on any atom is 0.222 e. The molecule has 3 N–H and O–H groups in total. The van der Waals surface area contributed by atoms with E-state index in [1.54, 1.807) is 6.07 Å². The first-order valence-electron chi connectivity index (χ1n) is 8.81. The monoisotopic (exact) mass is 359 g/mol. The first-order chi connectivity index (χ1) is 12.5. The molecule has 1 atom stereocenters. The Labute approximate surface area is 152 Å². The smallest absolute Gasteiger partial charge is 0.222 e. The molecule has 1 saturated heterocycles. The SMILES string of the molecule is NC(=O)[C@@H]1CCCN(c2ccc(CNCc3ccc(F)c(F)c3)cc2)C1. The highest BCUT2D eigenvalue weighted by molar-refractivity contribution is 5.77. The van der Waals surface area contributed by atoms with Crippen molar-refractivity contribution >= 4 is 11.6 Å². The van der Waals surface area contributed by atoms with Gasteiger partial charge in [0.2, 0.25) is 5.91 Å². The summed E-state index contributed by atoms with van der Waals surface area (Å²) in [7, 11) is 0. The average molecular weight is 359 g/mol. The van der Waals surface area contributed by atoms with Crippen molar-refractivity contribution in [1.82, 2.24) is 5.32 Å². The summed E-state index contributed by atoms with van der Waals surface area (Å²) in [6, 6.07) is 12.1. The zero-order chi connectivity index (χ0) is 18.5. The second kappa shape index (κ2) is 8.27. The Morgan fingerprint density at radius 3 is 2.46 bits per heavy atom. The van der Waals surface area contributed by atoms with Crippen molar-refractivity contribution in [3.8, 4) is 0 Å². The molecule has 0 unspecified atom stereocenters. The first kappa shape index (κ1) is 18.3. The molecular formula is C20H23F2N3O. The van der Waals surface area contributed by atoms with Crippen LogP contribution in [0.4, 0.5) is 14.5 Å². The lowest BCUT2D eigenvalue weighted by Crippen LogP contribution is -2.41. The fourth-order valence-electron chi connectivity index (χ4n) is 3.27. The van der Waals surface area contributed by atoms with E-state index in [4.69, 9.17) is 5.73 Å². The summed E-state index contributed by atoms with van der Waals surface area (Å²) in [6.45, 7) is 2.69. The number of hydrogen-bond acceptors (Lipinski definition) is 3. The van der Waals surface area contributed by atoms with Crippen molar-refractivity contribution in [2.75, 3.05) is 18.0 Å². The predicted molar refractivity (Wildman–Crippen MR) is 97.5 cm³/mol. The summed E-state index contributed by atoms with van der Waals surface area (Å²) < 4.78 is 26.1. The highest BCUT2D eigenvalue weighted by Gasteiger charge is 2.23. The maximum absolute atomic E-state index is 13.2. The van der Waals surface area contributed by atoms with E-state index in [1.165, 1.54) is 6.07 Å². The van der Waals surface area contributed by atoms with Gasteiger partial charge in [0.25, 0.3) is 0 Å². The topological polar surface area (TPSA) is 58.4 Å². The lowest BCUT2D eigenvalue weighted by Gasteiger charge is -2.33. The molecule has 1 aliphatic heterocycles. The van der Waals surface area contributed by atoms with E-state index in [0.717, 1.165) is 36.7 Å². The highest BCUT2D eigenvalue weighted by Crippen LogP contribution is 2.23. The van der Waals surface area contributed by atoms with E-state index < -0.39 is 11.6 Å². The molecule has 0 aliphatic carbocycles. The molecule has 4 nitrogen and oxygen atoms in total. The predicted octanol–water partition coefficient (Wildman–Crippen LogP) is 2.96. The third-order valence-corrected chi connectivity index (χ3v) is 4.77. The number of hydrogen-bond donors (Lipinski definition) is 2. The summed E-state index contributed by atoms with van der Waals surface area (Å²) in [4.78, 5) is 13.6. The number of rotatable bonds is 6. The molecule has 138 valence electrons. The van der Waals surface area contributed by atoms with E-state index in [2.05, 4.69) is 10.2 Å². The largest absolute Gasteiger partial charge is 0.371 e. The van der Waals surface area contributed by atoms with Crippen molar-refractivity contribution in [1.29, 1.82) is 0 Å². The maximum atomic E-state index is 13.2. The van der Waals surface area contributed by atoms with Crippen LogP contribution in [-0.4, -0.2) is 19.0 Å². The number of carbonyl (C=O) groups is 1. The lowest BCUT2D eigenvalue weighted by molar-refractivity contribution is -0.122. The van der Waals surface area contributed by atoms with Gasteiger partial charge in [0.05, 0.1) is 5.92 Å². The van der Waals surface area contributed by atoms with Crippen molar-refractivity contribution in [2.45, 2.75) is 25.9 Å². The van der Waals surface area contributed by atoms with Gasteiger partial charge in [0.15, 0.2) is 11.6 Å². The molecule has 1 heterocycles. The van der Waals surface area contributed by atoms with E-state index in [-0.39, 0.29) is 11.8 Å². The summed E-state index contributed by atoms with van der Waals surface area (Å²) in [5.74, 6) is -1.97. The van der Waals surface area contributed by atoms with Crippen molar-refractivity contribution in [2.24, 2.45) is 11.7 Å². The van der Waals surface area contributed by atoms with Crippen LogP contribution in [0.15, 0.2) is 42.5 Å². The van der Waals surface area contributed by atoms with Crippen LogP contribution in [0.5, 0.6) is 0 Å². The number of nitrogens with zero attached hydrogens (tertiary/aromatic N) is 1. The number of primary amides is 1. The molecule has 0 aromatic heterocycles. The fraction of sp³-hybridized carbons (Fsp3) is 0.350. The minimum Gasteiger partial charge on any atom is -0.371 e. The molecular weight excluding hydrogens is 336 g/mol. The number of piperidine rings is 1. The van der Waals surface area contributed by atoms with Crippen LogP contribution < -0.4 is 16.0 Å². The Kier molecular flexibility index (Phi) is 5.83. The third-order valence-electron chi connectivity index (χ3n) is 4.77. The Balaban J connectivity index is 1.52. The van der Waals surface area contributed by atoms with Gasteiger partial charge in [-0.15, -0.1) is 0 Å². The van der Waals surface area contributed by atoms with E-state index >= 15 is 0 Å². The Morgan fingerprint density at radius 2 is 1.77 bits per heavy atom. The van der Waals surface area contributed by atoms with E-state index in [0.29, 0.717) is 25.2 Å². The molecule has 3 rings (SSSR count). The number of benzene rings is 2. The van der Waals surface area contributed by atoms with Crippen LogP contribution >= 0.6 is 0 Å². The van der Waals surface area contributed by atoms with Gasteiger partial charge in [0, 0.05) is 31.9 Å². The quantitative estimate of drug-likeness (QED) is 0.834. The lowest BCUT2D eigenvalue weighted by atomic mass is 9.97. The van der Waals surface area contributed by atoms with E-state index in [1.807, 2.05) is 24.3 Å². The molecule has 2 aromatic carbocycles. The molecule has 0 radical (unpaired) electrons. The second-order valence-corrected chi connectivity index (χ2v) is 6.71. The molecule has 26 heavy (non-hydrogen) atoms. The minimum atomic E-state index is -0.833. The summed E-state index contributed by atoms with van der Waals surface area (Å²) in [5.41, 5.74) is 8.31. The van der Waals surface area contributed by atoms with Gasteiger partial charge in [-0.2, -0.15) is 0 Å². The Bertz CT molecular complexity index is 764. The molecule has 0 spiro atoms. The van der Waals surface area contributed by atoms with Crippen molar-refractivity contribution in [3.05, 3.63) is 65.2 Å². The second-order valence-electron chi connectivity index (χ2n) is 6.71. The van der Waals surface area contributed by atoms with Crippen LogP contribution in [0.3, 0.4) is 0 Å². The number of nitrogens with one attached hydrogen (secondary N) is 1. The van der Waals surface area contributed by atoms with Crippen LogP contribution in [0.25, 0.3) is 0 Å². The molecule has 1 aliphatic rings. The molecule has 0 bridgehead atoms. The summed E-state index contributed by atoms with van der Waals surface area (Å²) in [6.07, 6.45) is 1.82. The van der Waals surface area contributed by atoms with Gasteiger partial charge in [0.1, 0.15) is 0 Å². The number of anilines is 1. The van der Waals surface area contributed by atoms with Gasteiger partial charge in [-0.1, -0.05) is 18.2 Å². The van der Waals surface area contributed by atoms with Gasteiger partial charge < -0.3 is 16.0 Å². The van der Waals surface area contributed by atoms with Gasteiger partial charge in [-0.3, -0.25) is 4.79 Å². The molecule has 1 fully saturated rings. The number of nitrogens with two attached hydrogens (primary N) is 1. The van der Waals surface area contributed by atoms with Crippen molar-refractivity contribution in [3.63, 3.8) is 0 Å². The normalized spacial score (nSPS) is 17.3. The van der Waals surface area contributed by atoms with Gasteiger partial charge >= 0.3 is 0 Å².